The van der Waals surface area contributed by atoms with Gasteiger partial charge in [0.2, 0.25) is 0 Å². The molecule has 0 saturated carbocycles. The van der Waals surface area contributed by atoms with Gasteiger partial charge in [-0.2, -0.15) is 9.78 Å². The standard InChI is InChI=1S/C22H24N4O2S/c27-21-11-10-20(24-26(21)18-7-2-1-3-8-18)22(28)23-14-17-6-4-12-25(15-17)16-19-9-5-13-29-19/h1-3,5,7-11,13,17H,4,6,12,14-16H2,(H,23,28). The number of thiophene rings is 1. The van der Waals surface area contributed by atoms with Crippen molar-refractivity contribution in [3.8, 4) is 5.69 Å². The molecule has 0 bridgehead atoms. The molecular formula is C22H24N4O2S. The van der Waals surface area contributed by atoms with Crippen molar-refractivity contribution in [2.45, 2.75) is 19.4 Å². The minimum absolute atomic E-state index is 0.245. The Morgan fingerprint density at radius 3 is 2.79 bits per heavy atom. The van der Waals surface area contributed by atoms with Crippen LogP contribution in [0.3, 0.4) is 0 Å². The number of amides is 1. The molecule has 1 N–H and O–H groups in total. The highest BCUT2D eigenvalue weighted by molar-refractivity contribution is 7.09. The van der Waals surface area contributed by atoms with Gasteiger partial charge in [-0.1, -0.05) is 24.3 Å². The third-order valence-electron chi connectivity index (χ3n) is 5.15. The van der Waals surface area contributed by atoms with Gasteiger partial charge in [0.25, 0.3) is 11.5 Å². The van der Waals surface area contributed by atoms with Crippen LogP contribution < -0.4 is 10.9 Å². The third-order valence-corrected chi connectivity index (χ3v) is 6.01. The fourth-order valence-corrected chi connectivity index (χ4v) is 4.44. The van der Waals surface area contributed by atoms with Gasteiger partial charge in [-0.3, -0.25) is 14.5 Å². The van der Waals surface area contributed by atoms with Gasteiger partial charge in [-0.25, -0.2) is 0 Å². The molecule has 0 radical (unpaired) electrons. The van der Waals surface area contributed by atoms with Crippen LogP contribution in [0.5, 0.6) is 0 Å². The van der Waals surface area contributed by atoms with Crippen molar-refractivity contribution in [3.63, 3.8) is 0 Å². The predicted molar refractivity (Wildman–Crippen MR) is 114 cm³/mol. The summed E-state index contributed by atoms with van der Waals surface area (Å²) in [7, 11) is 0. The quantitative estimate of drug-likeness (QED) is 0.681. The van der Waals surface area contributed by atoms with Crippen LogP contribution >= 0.6 is 11.3 Å². The smallest absolute Gasteiger partial charge is 0.271 e. The first-order chi connectivity index (χ1) is 14.2. The van der Waals surface area contributed by atoms with Gasteiger partial charge in [0.15, 0.2) is 0 Å². The molecule has 7 heteroatoms. The highest BCUT2D eigenvalue weighted by Crippen LogP contribution is 2.20. The van der Waals surface area contributed by atoms with Gasteiger partial charge in [-0.05, 0) is 54.9 Å². The monoisotopic (exact) mass is 408 g/mol. The maximum atomic E-state index is 12.6. The predicted octanol–water partition coefficient (Wildman–Crippen LogP) is 2.94. The second-order valence-corrected chi connectivity index (χ2v) is 8.37. The zero-order chi connectivity index (χ0) is 20.1. The Labute approximate surface area is 173 Å². The van der Waals surface area contributed by atoms with E-state index >= 15 is 0 Å². The second kappa shape index (κ2) is 9.15. The largest absolute Gasteiger partial charge is 0.350 e. The Morgan fingerprint density at radius 2 is 2.00 bits per heavy atom. The lowest BCUT2D eigenvalue weighted by Crippen LogP contribution is -2.40. The molecule has 1 aliphatic rings. The van der Waals surface area contributed by atoms with E-state index in [0.717, 1.165) is 32.5 Å². The minimum atomic E-state index is -0.260. The summed E-state index contributed by atoms with van der Waals surface area (Å²) in [6, 6.07) is 16.3. The molecule has 4 rings (SSSR count). The number of carbonyl (C=O) groups is 1. The topological polar surface area (TPSA) is 67.2 Å². The number of rotatable bonds is 6. The Hall–Kier alpha value is -2.77. The summed E-state index contributed by atoms with van der Waals surface area (Å²) in [6.07, 6.45) is 2.25. The highest BCUT2D eigenvalue weighted by Gasteiger charge is 2.21. The molecule has 3 heterocycles. The number of hydrogen-bond acceptors (Lipinski definition) is 5. The summed E-state index contributed by atoms with van der Waals surface area (Å²) in [5.41, 5.74) is 0.632. The zero-order valence-electron chi connectivity index (χ0n) is 16.2. The van der Waals surface area contributed by atoms with Crippen molar-refractivity contribution < 1.29 is 4.79 Å². The average molecular weight is 409 g/mol. The van der Waals surface area contributed by atoms with Crippen LogP contribution in [-0.4, -0.2) is 40.2 Å². The van der Waals surface area contributed by atoms with E-state index in [2.05, 4.69) is 32.8 Å². The summed E-state index contributed by atoms with van der Waals surface area (Å²) < 4.78 is 1.26. The maximum Gasteiger partial charge on any atom is 0.271 e. The van der Waals surface area contributed by atoms with Crippen LogP contribution in [0.4, 0.5) is 0 Å². The maximum absolute atomic E-state index is 12.6. The fourth-order valence-electron chi connectivity index (χ4n) is 3.70. The molecule has 1 saturated heterocycles. The average Bonchev–Trinajstić information content (AvgIpc) is 3.26. The van der Waals surface area contributed by atoms with Gasteiger partial charge in [-0.15, -0.1) is 11.3 Å². The van der Waals surface area contributed by atoms with E-state index in [1.807, 2.05) is 18.2 Å². The van der Waals surface area contributed by atoms with Crippen molar-refractivity contribution >= 4 is 17.2 Å². The number of carbonyl (C=O) groups excluding carboxylic acids is 1. The van der Waals surface area contributed by atoms with Gasteiger partial charge < -0.3 is 5.32 Å². The number of para-hydroxylation sites is 1. The number of likely N-dealkylation sites (tertiary alicyclic amines) is 1. The Kier molecular flexibility index (Phi) is 6.17. The minimum Gasteiger partial charge on any atom is -0.350 e. The number of nitrogens with zero attached hydrogens (tertiary/aromatic N) is 3. The van der Waals surface area contributed by atoms with E-state index in [1.165, 1.54) is 21.7 Å². The molecule has 1 unspecified atom stereocenters. The van der Waals surface area contributed by atoms with Crippen molar-refractivity contribution in [1.29, 1.82) is 0 Å². The summed E-state index contributed by atoms with van der Waals surface area (Å²) in [5.74, 6) is 0.178. The number of benzene rings is 1. The summed E-state index contributed by atoms with van der Waals surface area (Å²) in [5, 5.41) is 9.37. The summed E-state index contributed by atoms with van der Waals surface area (Å²) in [6.45, 7) is 3.68. The number of nitrogens with one attached hydrogen (secondary N) is 1. The van der Waals surface area contributed by atoms with Crippen molar-refractivity contribution in [2.75, 3.05) is 19.6 Å². The van der Waals surface area contributed by atoms with Gasteiger partial charge in [0, 0.05) is 30.6 Å². The van der Waals surface area contributed by atoms with Crippen LogP contribution in [0.1, 0.15) is 28.2 Å². The highest BCUT2D eigenvalue weighted by atomic mass is 32.1. The molecule has 0 aliphatic carbocycles. The van der Waals surface area contributed by atoms with E-state index in [1.54, 1.807) is 23.5 Å². The van der Waals surface area contributed by atoms with Crippen LogP contribution in [0.25, 0.3) is 5.69 Å². The lowest BCUT2D eigenvalue weighted by atomic mass is 9.98. The Balaban J connectivity index is 1.36. The molecule has 1 fully saturated rings. The first-order valence-corrected chi connectivity index (χ1v) is 10.8. The lowest BCUT2D eigenvalue weighted by Gasteiger charge is -2.32. The van der Waals surface area contributed by atoms with E-state index in [9.17, 15) is 9.59 Å². The number of hydrogen-bond donors (Lipinski definition) is 1. The summed E-state index contributed by atoms with van der Waals surface area (Å²) in [4.78, 5) is 28.6. The van der Waals surface area contributed by atoms with Crippen molar-refractivity contribution in [3.05, 3.63) is 80.9 Å². The number of aromatic nitrogens is 2. The molecule has 1 aliphatic heterocycles. The molecule has 0 spiro atoms. The summed E-state index contributed by atoms with van der Waals surface area (Å²) >= 11 is 1.79. The van der Waals surface area contributed by atoms with E-state index in [0.29, 0.717) is 18.2 Å². The van der Waals surface area contributed by atoms with Gasteiger partial charge in [0.1, 0.15) is 5.69 Å². The van der Waals surface area contributed by atoms with Crippen LogP contribution in [0, 0.1) is 5.92 Å². The van der Waals surface area contributed by atoms with E-state index in [4.69, 9.17) is 0 Å². The van der Waals surface area contributed by atoms with Gasteiger partial charge >= 0.3 is 0 Å². The fraction of sp³-hybridized carbons (Fsp3) is 0.318. The second-order valence-electron chi connectivity index (χ2n) is 7.34. The Morgan fingerprint density at radius 1 is 1.14 bits per heavy atom. The molecule has 6 nitrogen and oxygen atoms in total. The van der Waals surface area contributed by atoms with Gasteiger partial charge in [0.05, 0.1) is 5.69 Å². The van der Waals surface area contributed by atoms with Crippen LogP contribution in [0.15, 0.2) is 64.8 Å². The Bertz CT molecular complexity index is 1000. The zero-order valence-corrected chi connectivity index (χ0v) is 17.0. The van der Waals surface area contributed by atoms with Crippen molar-refractivity contribution in [1.82, 2.24) is 20.0 Å². The normalized spacial score (nSPS) is 17.2. The van der Waals surface area contributed by atoms with Crippen molar-refractivity contribution in [2.24, 2.45) is 5.92 Å². The molecule has 1 aromatic carbocycles. The molecule has 1 atom stereocenters. The first kappa shape index (κ1) is 19.5. The van der Waals surface area contributed by atoms with Crippen LogP contribution in [0.2, 0.25) is 0 Å². The van der Waals surface area contributed by atoms with E-state index < -0.39 is 0 Å². The number of piperidine rings is 1. The third kappa shape index (κ3) is 4.99. The molecule has 1 amide bonds. The molecule has 150 valence electrons. The first-order valence-electron chi connectivity index (χ1n) is 9.88. The van der Waals surface area contributed by atoms with Crippen LogP contribution in [-0.2, 0) is 6.54 Å². The molecule has 3 aromatic rings. The molecular weight excluding hydrogens is 384 g/mol. The molecule has 29 heavy (non-hydrogen) atoms. The molecule has 2 aromatic heterocycles. The SMILES string of the molecule is O=C(NCC1CCCN(Cc2cccs2)C1)c1ccc(=O)n(-c2ccccc2)n1. The lowest BCUT2D eigenvalue weighted by molar-refractivity contribution is 0.0924. The van der Waals surface area contributed by atoms with E-state index in [-0.39, 0.29) is 17.2 Å².